The van der Waals surface area contributed by atoms with Crippen LogP contribution in [0.2, 0.25) is 0 Å². The van der Waals surface area contributed by atoms with Crippen molar-refractivity contribution in [3.63, 3.8) is 0 Å². The monoisotopic (exact) mass is 653 g/mol. The molecule has 47 heavy (non-hydrogen) atoms. The maximum Gasteiger partial charge on any atom is 0.264 e. The van der Waals surface area contributed by atoms with E-state index in [-0.39, 0.29) is 23.4 Å². The van der Waals surface area contributed by atoms with Crippen molar-refractivity contribution in [1.82, 2.24) is 10.2 Å². The van der Waals surface area contributed by atoms with E-state index in [1.807, 2.05) is 75.4 Å². The maximum absolute atomic E-state index is 14.4. The number of para-hydroxylation sites is 1. The molecule has 1 unspecified atom stereocenters. The normalized spacial score (nSPS) is 13.9. The molecule has 246 valence electrons. The van der Waals surface area contributed by atoms with Gasteiger partial charge in [-0.15, -0.1) is 0 Å². The number of nitrogens with zero attached hydrogens (tertiary/aromatic N) is 2. The van der Waals surface area contributed by atoms with E-state index in [0.29, 0.717) is 23.6 Å². The molecule has 0 heterocycles. The zero-order valence-electron chi connectivity index (χ0n) is 27.3. The molecular weight excluding hydrogens is 611 g/mol. The number of anilines is 1. The minimum absolute atomic E-state index is 0.0667. The summed E-state index contributed by atoms with van der Waals surface area (Å²) < 4.78 is 35.5. The topological polar surface area (TPSA) is 96.0 Å². The zero-order chi connectivity index (χ0) is 33.4. The number of sulfonamides is 1. The summed E-state index contributed by atoms with van der Waals surface area (Å²) in [5.74, 6) is 0.487. The molecule has 5 rings (SSSR count). The van der Waals surface area contributed by atoms with Gasteiger partial charge in [-0.2, -0.15) is 0 Å². The van der Waals surface area contributed by atoms with E-state index < -0.39 is 28.5 Å². The lowest BCUT2D eigenvalue weighted by Crippen LogP contribution is -2.53. The van der Waals surface area contributed by atoms with Crippen LogP contribution in [0.15, 0.2) is 108 Å². The molecule has 0 saturated heterocycles. The lowest BCUT2D eigenvalue weighted by atomic mass is 10.1. The van der Waals surface area contributed by atoms with E-state index >= 15 is 0 Å². The van der Waals surface area contributed by atoms with Crippen LogP contribution in [-0.4, -0.2) is 43.8 Å². The first-order valence-electron chi connectivity index (χ1n) is 16.2. The fraction of sp³-hybridized carbons (Fsp3) is 0.316. The molecule has 9 heteroatoms. The second-order valence-electron chi connectivity index (χ2n) is 12.1. The van der Waals surface area contributed by atoms with E-state index in [4.69, 9.17) is 4.74 Å². The molecule has 1 atom stereocenters. The fourth-order valence-corrected chi connectivity index (χ4v) is 7.34. The first-order valence-corrected chi connectivity index (χ1v) is 17.7. The van der Waals surface area contributed by atoms with Gasteiger partial charge in [0.15, 0.2) is 0 Å². The van der Waals surface area contributed by atoms with Crippen LogP contribution in [0.1, 0.15) is 55.7 Å². The molecule has 1 aliphatic carbocycles. The zero-order valence-corrected chi connectivity index (χ0v) is 28.1. The Kier molecular flexibility index (Phi) is 11.0. The van der Waals surface area contributed by atoms with Gasteiger partial charge >= 0.3 is 0 Å². The molecule has 1 saturated carbocycles. The van der Waals surface area contributed by atoms with E-state index in [0.717, 1.165) is 46.7 Å². The number of aryl methyl sites for hydroxylation is 2. The molecular formula is C38H43N3O5S. The third kappa shape index (κ3) is 8.40. The third-order valence-electron chi connectivity index (χ3n) is 8.68. The molecule has 1 fully saturated rings. The van der Waals surface area contributed by atoms with Crippen LogP contribution in [0.4, 0.5) is 5.69 Å². The van der Waals surface area contributed by atoms with Gasteiger partial charge in [-0.1, -0.05) is 79.9 Å². The largest absolute Gasteiger partial charge is 0.457 e. The van der Waals surface area contributed by atoms with Crippen molar-refractivity contribution >= 4 is 27.5 Å². The highest BCUT2D eigenvalue weighted by molar-refractivity contribution is 7.92. The summed E-state index contributed by atoms with van der Waals surface area (Å²) in [5.41, 5.74) is 3.09. The minimum atomic E-state index is -4.18. The van der Waals surface area contributed by atoms with Crippen LogP contribution in [0.3, 0.4) is 0 Å². The highest BCUT2D eigenvalue weighted by Gasteiger charge is 2.34. The predicted octanol–water partition coefficient (Wildman–Crippen LogP) is 7.16. The highest BCUT2D eigenvalue weighted by Crippen LogP contribution is 2.29. The summed E-state index contributed by atoms with van der Waals surface area (Å²) in [5, 5.41) is 3.16. The molecule has 0 aliphatic heterocycles. The molecule has 0 aromatic heterocycles. The number of ether oxygens (including phenoxy) is 1. The number of amides is 2. The second-order valence-corrected chi connectivity index (χ2v) is 14.0. The lowest BCUT2D eigenvalue weighted by molar-refractivity contribution is -0.140. The van der Waals surface area contributed by atoms with Gasteiger partial charge in [0, 0.05) is 12.6 Å². The van der Waals surface area contributed by atoms with Gasteiger partial charge in [0.2, 0.25) is 11.8 Å². The van der Waals surface area contributed by atoms with E-state index in [9.17, 15) is 18.0 Å². The maximum atomic E-state index is 14.4. The third-order valence-corrected chi connectivity index (χ3v) is 10.5. The summed E-state index contributed by atoms with van der Waals surface area (Å²) in [6.07, 6.45) is 4.34. The number of nitrogens with one attached hydrogen (secondary N) is 1. The Labute approximate surface area is 278 Å². The molecule has 4 aromatic carbocycles. The van der Waals surface area contributed by atoms with Crippen LogP contribution < -0.4 is 14.4 Å². The van der Waals surface area contributed by atoms with Gasteiger partial charge in [-0.05, 0) is 92.8 Å². The molecule has 1 N–H and O–H groups in total. The lowest BCUT2D eigenvalue weighted by Gasteiger charge is -2.34. The number of carbonyl (C=O) groups excluding carboxylic acids is 2. The molecule has 4 aromatic rings. The standard InChI is InChI=1S/C38H43N3O5S/c1-4-36(38(43)39-31-14-10-11-15-31)40(26-30-13-9-8-12-29(30)3)37(42)27-41(47(44,45)35-24-18-28(2)19-25-35)32-20-22-34(23-21-32)46-33-16-6-5-7-17-33/h5-9,12-13,16-25,31,36H,4,10-11,14-15,26-27H2,1-3H3,(H,39,43). The molecule has 0 bridgehead atoms. The fourth-order valence-electron chi connectivity index (χ4n) is 5.93. The summed E-state index contributed by atoms with van der Waals surface area (Å²) in [6, 6.07) is 29.5. The number of carbonyl (C=O) groups is 2. The second kappa shape index (κ2) is 15.3. The first-order chi connectivity index (χ1) is 22.7. The Morgan fingerprint density at radius 2 is 1.45 bits per heavy atom. The Hall–Kier alpha value is -4.63. The van der Waals surface area contributed by atoms with Crippen molar-refractivity contribution in [2.45, 2.75) is 76.4 Å². The summed E-state index contributed by atoms with van der Waals surface area (Å²) >= 11 is 0. The van der Waals surface area contributed by atoms with E-state index in [2.05, 4.69) is 5.32 Å². The summed E-state index contributed by atoms with van der Waals surface area (Å²) in [6.45, 7) is 5.40. The molecule has 0 spiro atoms. The van der Waals surface area contributed by atoms with Gasteiger partial charge < -0.3 is 15.0 Å². The smallest absolute Gasteiger partial charge is 0.264 e. The van der Waals surface area contributed by atoms with Crippen LogP contribution >= 0.6 is 0 Å². The Balaban J connectivity index is 1.50. The van der Waals surface area contributed by atoms with Crippen molar-refractivity contribution in [1.29, 1.82) is 0 Å². The number of rotatable bonds is 13. The minimum Gasteiger partial charge on any atom is -0.457 e. The number of hydrogen-bond acceptors (Lipinski definition) is 5. The molecule has 1 aliphatic rings. The predicted molar refractivity (Wildman–Crippen MR) is 185 cm³/mol. The van der Waals surface area contributed by atoms with Crippen LogP contribution in [-0.2, 0) is 26.2 Å². The molecule has 2 amide bonds. The average molecular weight is 654 g/mol. The van der Waals surface area contributed by atoms with Crippen LogP contribution in [0.25, 0.3) is 0 Å². The Morgan fingerprint density at radius 3 is 2.09 bits per heavy atom. The Morgan fingerprint density at radius 1 is 0.830 bits per heavy atom. The van der Waals surface area contributed by atoms with Crippen LogP contribution in [0, 0.1) is 13.8 Å². The van der Waals surface area contributed by atoms with Crippen molar-refractivity contribution in [3.8, 4) is 11.5 Å². The summed E-state index contributed by atoms with van der Waals surface area (Å²) in [7, 11) is -4.18. The van der Waals surface area contributed by atoms with Crippen molar-refractivity contribution in [2.24, 2.45) is 0 Å². The van der Waals surface area contributed by atoms with Gasteiger partial charge in [0.25, 0.3) is 10.0 Å². The first kappa shape index (κ1) is 33.7. The molecule has 8 nitrogen and oxygen atoms in total. The highest BCUT2D eigenvalue weighted by atomic mass is 32.2. The van der Waals surface area contributed by atoms with Gasteiger partial charge in [0.1, 0.15) is 24.1 Å². The van der Waals surface area contributed by atoms with Crippen molar-refractivity contribution < 1.29 is 22.7 Å². The van der Waals surface area contributed by atoms with E-state index in [1.165, 1.54) is 4.90 Å². The van der Waals surface area contributed by atoms with E-state index in [1.54, 1.807) is 48.5 Å². The van der Waals surface area contributed by atoms with Crippen LogP contribution in [0.5, 0.6) is 11.5 Å². The number of benzene rings is 4. The van der Waals surface area contributed by atoms with Crippen molar-refractivity contribution in [3.05, 3.63) is 120 Å². The molecule has 0 radical (unpaired) electrons. The van der Waals surface area contributed by atoms with Crippen molar-refractivity contribution in [2.75, 3.05) is 10.8 Å². The number of hydrogen-bond donors (Lipinski definition) is 1. The van der Waals surface area contributed by atoms with Gasteiger partial charge in [0.05, 0.1) is 10.6 Å². The van der Waals surface area contributed by atoms with Gasteiger partial charge in [-0.25, -0.2) is 8.42 Å². The average Bonchev–Trinajstić information content (AvgIpc) is 3.58. The Bertz CT molecular complexity index is 1750. The quantitative estimate of drug-likeness (QED) is 0.165. The summed E-state index contributed by atoms with van der Waals surface area (Å²) in [4.78, 5) is 29.7. The van der Waals surface area contributed by atoms with Gasteiger partial charge in [-0.3, -0.25) is 13.9 Å². The SMILES string of the molecule is CCC(C(=O)NC1CCCC1)N(Cc1ccccc1C)C(=O)CN(c1ccc(Oc2ccccc2)cc1)S(=O)(=O)c1ccc(C)cc1.